The Hall–Kier alpha value is -1.32. The third-order valence-electron chi connectivity index (χ3n) is 1.99. The summed E-state index contributed by atoms with van der Waals surface area (Å²) in [5.41, 5.74) is 0.888. The van der Waals surface area contributed by atoms with Crippen LogP contribution in [0.3, 0.4) is 0 Å². The average molecular weight is 224 g/mol. The number of benzene rings is 1. The average Bonchev–Trinajstić information content (AvgIpc) is 2.67. The molecule has 0 spiro atoms. The molecule has 0 bridgehead atoms. The summed E-state index contributed by atoms with van der Waals surface area (Å²) in [5, 5.41) is 9.38. The molecule has 0 aliphatic carbocycles. The van der Waals surface area contributed by atoms with E-state index in [1.807, 2.05) is 18.2 Å². The van der Waals surface area contributed by atoms with E-state index in [4.69, 9.17) is 21.1 Å². The van der Waals surface area contributed by atoms with Gasteiger partial charge in [-0.15, -0.1) is 0 Å². The van der Waals surface area contributed by atoms with Crippen LogP contribution in [0.5, 0.6) is 0 Å². The Kier molecular flexibility index (Phi) is 3.04. The molecule has 15 heavy (non-hydrogen) atoms. The molecule has 0 aliphatic rings. The van der Waals surface area contributed by atoms with Gasteiger partial charge in [0, 0.05) is 17.0 Å². The molecule has 0 amide bonds. The number of rotatable bonds is 3. The Morgan fingerprint density at radius 2 is 2.27 bits per heavy atom. The number of aromatic nitrogens is 1. The highest BCUT2D eigenvalue weighted by Gasteiger charge is 2.05. The molecule has 1 heterocycles. The van der Waals surface area contributed by atoms with E-state index in [0.717, 1.165) is 5.56 Å². The molecule has 2 aromatic rings. The van der Waals surface area contributed by atoms with Crippen molar-refractivity contribution in [2.24, 2.45) is 0 Å². The van der Waals surface area contributed by atoms with Crippen molar-refractivity contribution in [3.8, 4) is 11.3 Å². The van der Waals surface area contributed by atoms with E-state index in [2.05, 4.69) is 4.98 Å². The number of hydrogen-bond donors (Lipinski definition) is 1. The van der Waals surface area contributed by atoms with Crippen molar-refractivity contribution in [3.63, 3.8) is 0 Å². The fraction of sp³-hybridized carbons (Fsp3) is 0.182. The molecule has 3 nitrogen and oxygen atoms in total. The molecule has 2 rings (SSSR count). The summed E-state index contributed by atoms with van der Waals surface area (Å²) in [6.45, 7) is 0.0372. The number of hydrogen-bond acceptors (Lipinski definition) is 3. The maximum atomic E-state index is 8.72. The predicted octanol–water partition coefficient (Wildman–Crippen LogP) is 2.53. The fourth-order valence-electron chi connectivity index (χ4n) is 1.30. The molecule has 0 radical (unpaired) electrons. The predicted molar refractivity (Wildman–Crippen MR) is 57.7 cm³/mol. The van der Waals surface area contributed by atoms with Gasteiger partial charge in [-0.05, 0) is 12.1 Å². The molecule has 0 saturated carbocycles. The fourth-order valence-corrected chi connectivity index (χ4v) is 1.49. The largest absolute Gasteiger partial charge is 0.441 e. The van der Waals surface area contributed by atoms with E-state index in [1.54, 1.807) is 12.3 Å². The highest BCUT2D eigenvalue weighted by atomic mass is 35.5. The van der Waals surface area contributed by atoms with Gasteiger partial charge in [0.15, 0.2) is 11.7 Å². The van der Waals surface area contributed by atoms with E-state index >= 15 is 0 Å². The van der Waals surface area contributed by atoms with Crippen molar-refractivity contribution >= 4 is 11.6 Å². The lowest BCUT2D eigenvalue weighted by molar-refractivity contribution is 0.285. The molecule has 0 atom stereocenters. The number of oxazole rings is 1. The minimum Gasteiger partial charge on any atom is -0.441 e. The van der Waals surface area contributed by atoms with Crippen LogP contribution >= 0.6 is 11.6 Å². The van der Waals surface area contributed by atoms with Crippen LogP contribution in [0.15, 0.2) is 34.9 Å². The second-order valence-electron chi connectivity index (χ2n) is 3.10. The summed E-state index contributed by atoms with van der Waals surface area (Å²) >= 11 is 5.86. The second kappa shape index (κ2) is 4.47. The van der Waals surface area contributed by atoms with Gasteiger partial charge < -0.3 is 9.52 Å². The van der Waals surface area contributed by atoms with Crippen LogP contribution in [-0.2, 0) is 6.42 Å². The smallest absolute Gasteiger partial charge is 0.197 e. The molecular weight excluding hydrogens is 214 g/mol. The summed E-state index contributed by atoms with van der Waals surface area (Å²) < 4.78 is 5.44. The van der Waals surface area contributed by atoms with Crippen molar-refractivity contribution in [3.05, 3.63) is 41.4 Å². The van der Waals surface area contributed by atoms with Crippen LogP contribution < -0.4 is 0 Å². The molecule has 0 fully saturated rings. The zero-order valence-electron chi connectivity index (χ0n) is 7.98. The molecule has 1 aromatic heterocycles. The second-order valence-corrected chi connectivity index (χ2v) is 3.54. The normalized spacial score (nSPS) is 10.5. The van der Waals surface area contributed by atoms with Crippen molar-refractivity contribution in [2.75, 3.05) is 6.61 Å². The van der Waals surface area contributed by atoms with Gasteiger partial charge in [0.05, 0.1) is 12.8 Å². The number of nitrogens with zero attached hydrogens (tertiary/aromatic N) is 1. The number of halogens is 1. The third-order valence-corrected chi connectivity index (χ3v) is 2.22. The zero-order valence-corrected chi connectivity index (χ0v) is 8.74. The first-order valence-electron chi connectivity index (χ1n) is 4.61. The van der Waals surface area contributed by atoms with Gasteiger partial charge >= 0.3 is 0 Å². The van der Waals surface area contributed by atoms with Gasteiger partial charge in [-0.2, -0.15) is 0 Å². The van der Waals surface area contributed by atoms with E-state index in [1.165, 1.54) is 0 Å². The molecule has 0 unspecified atom stereocenters. The number of aliphatic hydroxyl groups is 1. The first-order valence-corrected chi connectivity index (χ1v) is 4.99. The molecular formula is C11H10ClNO2. The van der Waals surface area contributed by atoms with Crippen LogP contribution in [-0.4, -0.2) is 16.7 Å². The van der Waals surface area contributed by atoms with Gasteiger partial charge in [0.2, 0.25) is 0 Å². The molecule has 0 aliphatic heterocycles. The summed E-state index contributed by atoms with van der Waals surface area (Å²) in [7, 11) is 0. The maximum Gasteiger partial charge on any atom is 0.197 e. The van der Waals surface area contributed by atoms with Crippen LogP contribution in [0.25, 0.3) is 11.3 Å². The lowest BCUT2D eigenvalue weighted by Gasteiger charge is -1.96. The van der Waals surface area contributed by atoms with Gasteiger partial charge in [0.1, 0.15) is 0 Å². The monoisotopic (exact) mass is 223 g/mol. The minimum absolute atomic E-state index is 0.0372. The number of aliphatic hydroxyl groups excluding tert-OH is 1. The Morgan fingerprint density at radius 3 is 3.00 bits per heavy atom. The van der Waals surface area contributed by atoms with E-state index in [-0.39, 0.29) is 6.61 Å². The molecule has 4 heteroatoms. The van der Waals surface area contributed by atoms with Crippen molar-refractivity contribution in [2.45, 2.75) is 6.42 Å². The Labute approximate surface area is 92.3 Å². The quantitative estimate of drug-likeness (QED) is 0.870. The SMILES string of the molecule is OCCc1ncc(-c2cccc(Cl)c2)o1. The van der Waals surface area contributed by atoms with Crippen LogP contribution in [0.4, 0.5) is 0 Å². The van der Waals surface area contributed by atoms with Crippen molar-refractivity contribution in [1.29, 1.82) is 0 Å². The van der Waals surface area contributed by atoms with Crippen molar-refractivity contribution < 1.29 is 9.52 Å². The van der Waals surface area contributed by atoms with Gasteiger partial charge in [-0.25, -0.2) is 4.98 Å². The molecule has 78 valence electrons. The summed E-state index contributed by atoms with van der Waals surface area (Å²) in [6, 6.07) is 7.36. The van der Waals surface area contributed by atoms with E-state index in [9.17, 15) is 0 Å². The Bertz CT molecular complexity index is 453. The van der Waals surface area contributed by atoms with Gasteiger partial charge in [-0.1, -0.05) is 23.7 Å². The van der Waals surface area contributed by atoms with Crippen LogP contribution in [0.1, 0.15) is 5.89 Å². The third kappa shape index (κ3) is 2.37. The lowest BCUT2D eigenvalue weighted by atomic mass is 10.2. The van der Waals surface area contributed by atoms with Crippen LogP contribution in [0.2, 0.25) is 5.02 Å². The van der Waals surface area contributed by atoms with Gasteiger partial charge in [-0.3, -0.25) is 0 Å². The minimum atomic E-state index is 0.0372. The van der Waals surface area contributed by atoms with Gasteiger partial charge in [0.25, 0.3) is 0 Å². The lowest BCUT2D eigenvalue weighted by Crippen LogP contribution is -1.88. The topological polar surface area (TPSA) is 46.3 Å². The summed E-state index contributed by atoms with van der Waals surface area (Å²) in [4.78, 5) is 4.04. The molecule has 1 aromatic carbocycles. The highest BCUT2D eigenvalue weighted by molar-refractivity contribution is 6.30. The molecule has 0 saturated heterocycles. The van der Waals surface area contributed by atoms with Crippen LogP contribution in [0, 0.1) is 0 Å². The summed E-state index contributed by atoms with van der Waals surface area (Å²) in [6.07, 6.45) is 2.07. The maximum absolute atomic E-state index is 8.72. The molecule has 1 N–H and O–H groups in total. The Balaban J connectivity index is 2.29. The summed E-state index contributed by atoms with van der Waals surface area (Å²) in [5.74, 6) is 1.20. The van der Waals surface area contributed by atoms with E-state index < -0.39 is 0 Å². The Morgan fingerprint density at radius 1 is 1.40 bits per heavy atom. The first kappa shape index (κ1) is 10.2. The highest BCUT2D eigenvalue weighted by Crippen LogP contribution is 2.23. The first-order chi connectivity index (χ1) is 7.29. The standard InChI is InChI=1S/C11H10ClNO2/c12-9-3-1-2-8(6-9)10-7-13-11(15-10)4-5-14/h1-3,6-7,14H,4-5H2. The zero-order chi connectivity index (χ0) is 10.7. The van der Waals surface area contributed by atoms with E-state index in [0.29, 0.717) is 23.1 Å². The van der Waals surface area contributed by atoms with Crippen molar-refractivity contribution in [1.82, 2.24) is 4.98 Å².